The van der Waals surface area contributed by atoms with Crippen molar-refractivity contribution in [3.05, 3.63) is 0 Å². The van der Waals surface area contributed by atoms with Crippen LogP contribution in [0.15, 0.2) is 0 Å². The Hall–Kier alpha value is -0.530. The predicted molar refractivity (Wildman–Crippen MR) is 86.8 cm³/mol. The molecular formula is C18H36O2. The Kier molecular flexibility index (Phi) is 11.9. The number of unbranched alkanes of at least 4 members (excludes halogenated alkanes) is 3. The van der Waals surface area contributed by atoms with Crippen molar-refractivity contribution in [2.45, 2.75) is 98.5 Å². The molecule has 0 heterocycles. The third-order valence-electron chi connectivity index (χ3n) is 4.31. The van der Waals surface area contributed by atoms with Gasteiger partial charge in [0.15, 0.2) is 0 Å². The van der Waals surface area contributed by atoms with Crippen LogP contribution in [0.4, 0.5) is 0 Å². The molecule has 2 nitrogen and oxygen atoms in total. The van der Waals surface area contributed by atoms with Gasteiger partial charge in [0.25, 0.3) is 0 Å². The first-order valence-electron chi connectivity index (χ1n) is 8.70. The molecule has 0 aliphatic carbocycles. The first-order chi connectivity index (χ1) is 9.51. The maximum atomic E-state index is 11.3. The van der Waals surface area contributed by atoms with Crippen LogP contribution in [0.25, 0.3) is 0 Å². The summed E-state index contributed by atoms with van der Waals surface area (Å²) in [5, 5.41) is 0. The highest BCUT2D eigenvalue weighted by molar-refractivity contribution is 5.69. The van der Waals surface area contributed by atoms with Crippen molar-refractivity contribution in [1.82, 2.24) is 0 Å². The fourth-order valence-corrected chi connectivity index (χ4v) is 2.49. The molecule has 0 N–H and O–H groups in total. The van der Waals surface area contributed by atoms with Gasteiger partial charge in [0.2, 0.25) is 0 Å². The number of carbonyl (C=O) groups is 1. The number of hydrogen-bond acceptors (Lipinski definition) is 2. The lowest BCUT2D eigenvalue weighted by atomic mass is 9.93. The molecule has 0 amide bonds. The van der Waals surface area contributed by atoms with Gasteiger partial charge in [-0.25, -0.2) is 0 Å². The number of esters is 1. The summed E-state index contributed by atoms with van der Waals surface area (Å²) in [6.45, 7) is 10.7. The first-order valence-corrected chi connectivity index (χ1v) is 8.70. The Labute approximate surface area is 126 Å². The van der Waals surface area contributed by atoms with Crippen LogP contribution in [0.1, 0.15) is 92.4 Å². The lowest BCUT2D eigenvalue weighted by Gasteiger charge is -2.21. The molecule has 0 unspecified atom stereocenters. The number of carbonyl (C=O) groups excluding carboxylic acids is 1. The van der Waals surface area contributed by atoms with Crippen LogP contribution >= 0.6 is 0 Å². The van der Waals surface area contributed by atoms with Gasteiger partial charge in [-0.15, -0.1) is 0 Å². The molecular weight excluding hydrogens is 248 g/mol. The summed E-state index contributed by atoms with van der Waals surface area (Å²) in [5.74, 6) is 1.24. The highest BCUT2D eigenvalue weighted by atomic mass is 16.5. The smallest absolute Gasteiger partial charge is 0.305 e. The summed E-state index contributed by atoms with van der Waals surface area (Å²) in [5.41, 5.74) is 0. The van der Waals surface area contributed by atoms with Crippen LogP contribution in [-0.4, -0.2) is 12.1 Å². The highest BCUT2D eigenvalue weighted by Crippen LogP contribution is 2.21. The fourth-order valence-electron chi connectivity index (χ4n) is 2.49. The quantitative estimate of drug-likeness (QED) is 0.337. The zero-order chi connectivity index (χ0) is 15.4. The van der Waals surface area contributed by atoms with Crippen molar-refractivity contribution in [3.8, 4) is 0 Å². The normalized spacial score (nSPS) is 15.7. The van der Waals surface area contributed by atoms with E-state index in [1.54, 1.807) is 0 Å². The van der Waals surface area contributed by atoms with E-state index in [1.165, 1.54) is 44.9 Å². The monoisotopic (exact) mass is 284 g/mol. The number of ether oxygens (including phenoxy) is 1. The molecule has 20 heavy (non-hydrogen) atoms. The van der Waals surface area contributed by atoms with E-state index in [1.807, 2.05) is 13.8 Å². The molecule has 0 rings (SSSR count). The molecule has 120 valence electrons. The van der Waals surface area contributed by atoms with Crippen LogP contribution in [0.5, 0.6) is 0 Å². The Bertz CT molecular complexity index is 238. The lowest BCUT2D eigenvalue weighted by Crippen LogP contribution is -2.21. The van der Waals surface area contributed by atoms with Gasteiger partial charge >= 0.3 is 5.97 Å². The molecule has 0 aliphatic heterocycles. The largest absolute Gasteiger partial charge is 0.462 e. The van der Waals surface area contributed by atoms with E-state index >= 15 is 0 Å². The number of rotatable bonds is 12. The van der Waals surface area contributed by atoms with E-state index < -0.39 is 0 Å². The average molecular weight is 284 g/mol. The van der Waals surface area contributed by atoms with Gasteiger partial charge in [-0.1, -0.05) is 72.6 Å². The SMILES string of the molecule is CCCCCC[C@@H](C)CCC[C@@H](C)[C@H](C)OC(=O)CC. The lowest BCUT2D eigenvalue weighted by molar-refractivity contribution is -0.150. The minimum Gasteiger partial charge on any atom is -0.462 e. The highest BCUT2D eigenvalue weighted by Gasteiger charge is 2.16. The maximum absolute atomic E-state index is 11.3. The molecule has 0 saturated carbocycles. The third kappa shape index (κ3) is 10.3. The molecule has 0 aromatic heterocycles. The predicted octanol–water partition coefficient (Wildman–Crippen LogP) is 5.74. The molecule has 0 aromatic rings. The molecule has 3 atom stereocenters. The van der Waals surface area contributed by atoms with E-state index in [0.717, 1.165) is 12.3 Å². The first kappa shape index (κ1) is 19.5. The zero-order valence-corrected chi connectivity index (χ0v) is 14.4. The van der Waals surface area contributed by atoms with E-state index in [9.17, 15) is 4.79 Å². The van der Waals surface area contributed by atoms with Gasteiger partial charge in [-0.2, -0.15) is 0 Å². The summed E-state index contributed by atoms with van der Waals surface area (Å²) in [7, 11) is 0. The molecule has 0 aliphatic rings. The Balaban J connectivity index is 3.63. The van der Waals surface area contributed by atoms with E-state index in [2.05, 4.69) is 20.8 Å². The van der Waals surface area contributed by atoms with Crippen molar-refractivity contribution in [2.24, 2.45) is 11.8 Å². The number of hydrogen-bond donors (Lipinski definition) is 0. The standard InChI is InChI=1S/C18H36O2/c1-6-8-9-10-12-15(3)13-11-14-16(4)17(5)20-18(19)7-2/h15-17H,6-14H2,1-5H3/t15-,16-,17+/m1/s1. The van der Waals surface area contributed by atoms with Crippen molar-refractivity contribution >= 4 is 5.97 Å². The second-order valence-corrected chi connectivity index (χ2v) is 6.41. The van der Waals surface area contributed by atoms with E-state index in [-0.39, 0.29) is 12.1 Å². The second kappa shape index (κ2) is 12.2. The summed E-state index contributed by atoms with van der Waals surface area (Å²) >= 11 is 0. The van der Waals surface area contributed by atoms with Gasteiger partial charge < -0.3 is 4.74 Å². The molecule has 0 bridgehead atoms. The van der Waals surface area contributed by atoms with Gasteiger partial charge in [0.1, 0.15) is 6.10 Å². The summed E-state index contributed by atoms with van der Waals surface area (Å²) < 4.78 is 5.37. The Morgan fingerprint density at radius 2 is 1.55 bits per heavy atom. The Morgan fingerprint density at radius 1 is 0.900 bits per heavy atom. The van der Waals surface area contributed by atoms with Crippen LogP contribution in [0.3, 0.4) is 0 Å². The molecule has 0 fully saturated rings. The van der Waals surface area contributed by atoms with Crippen LogP contribution in [0, 0.1) is 11.8 Å². The minimum atomic E-state index is -0.0753. The van der Waals surface area contributed by atoms with Crippen LogP contribution in [0.2, 0.25) is 0 Å². The minimum absolute atomic E-state index is 0.0577. The third-order valence-corrected chi connectivity index (χ3v) is 4.31. The van der Waals surface area contributed by atoms with Crippen molar-refractivity contribution < 1.29 is 9.53 Å². The molecule has 0 spiro atoms. The van der Waals surface area contributed by atoms with Gasteiger partial charge in [-0.05, 0) is 25.2 Å². The van der Waals surface area contributed by atoms with Crippen molar-refractivity contribution in [3.63, 3.8) is 0 Å². The van der Waals surface area contributed by atoms with Gasteiger partial charge in [0.05, 0.1) is 0 Å². The summed E-state index contributed by atoms with van der Waals surface area (Å²) in [4.78, 5) is 11.3. The molecule has 2 heteroatoms. The zero-order valence-electron chi connectivity index (χ0n) is 14.4. The molecule has 0 radical (unpaired) electrons. The second-order valence-electron chi connectivity index (χ2n) is 6.41. The van der Waals surface area contributed by atoms with Crippen molar-refractivity contribution in [2.75, 3.05) is 0 Å². The Morgan fingerprint density at radius 3 is 2.15 bits per heavy atom. The van der Waals surface area contributed by atoms with Crippen LogP contribution < -0.4 is 0 Å². The van der Waals surface area contributed by atoms with Crippen molar-refractivity contribution in [1.29, 1.82) is 0 Å². The molecule has 0 aromatic carbocycles. The molecule has 0 saturated heterocycles. The van der Waals surface area contributed by atoms with Gasteiger partial charge in [0, 0.05) is 6.42 Å². The summed E-state index contributed by atoms with van der Waals surface area (Å²) in [6.07, 6.45) is 11.1. The maximum Gasteiger partial charge on any atom is 0.305 e. The average Bonchev–Trinajstić information content (AvgIpc) is 2.43. The fraction of sp³-hybridized carbons (Fsp3) is 0.944. The van der Waals surface area contributed by atoms with E-state index in [0.29, 0.717) is 12.3 Å². The topological polar surface area (TPSA) is 26.3 Å². The van der Waals surface area contributed by atoms with E-state index in [4.69, 9.17) is 4.74 Å². The van der Waals surface area contributed by atoms with Gasteiger partial charge in [-0.3, -0.25) is 4.79 Å². The summed E-state index contributed by atoms with van der Waals surface area (Å²) in [6, 6.07) is 0. The van der Waals surface area contributed by atoms with Crippen LogP contribution in [-0.2, 0) is 9.53 Å².